The number of carbonyl (C=O) groups excluding carboxylic acids is 1. The van der Waals surface area contributed by atoms with Crippen LogP contribution in [0.15, 0.2) is 61.2 Å². The van der Waals surface area contributed by atoms with Gasteiger partial charge in [-0.2, -0.15) is 5.10 Å². The topological polar surface area (TPSA) is 83.7 Å². The Hall–Kier alpha value is -3.10. The van der Waals surface area contributed by atoms with Gasteiger partial charge in [0.25, 0.3) is 0 Å². The molecule has 1 aliphatic heterocycles. The van der Waals surface area contributed by atoms with Gasteiger partial charge in [0.2, 0.25) is 5.91 Å². The van der Waals surface area contributed by atoms with Crippen LogP contribution in [0.2, 0.25) is 5.02 Å². The van der Waals surface area contributed by atoms with Crippen LogP contribution in [0, 0.1) is 0 Å². The second-order valence-electron chi connectivity index (χ2n) is 8.57. The van der Waals surface area contributed by atoms with E-state index in [2.05, 4.69) is 15.0 Å². The van der Waals surface area contributed by atoms with Gasteiger partial charge >= 0.3 is 0 Å². The Labute approximate surface area is 204 Å². The molecule has 2 aromatic carbocycles. The van der Waals surface area contributed by atoms with Gasteiger partial charge in [0.15, 0.2) is 0 Å². The van der Waals surface area contributed by atoms with E-state index in [1.54, 1.807) is 30.1 Å². The molecule has 0 aliphatic carbocycles. The lowest BCUT2D eigenvalue weighted by atomic mass is 9.89. The van der Waals surface area contributed by atoms with Crippen LogP contribution in [0.3, 0.4) is 0 Å². The van der Waals surface area contributed by atoms with Crippen molar-refractivity contribution in [3.8, 4) is 5.75 Å². The molecule has 1 fully saturated rings. The van der Waals surface area contributed by atoms with Crippen molar-refractivity contribution in [1.82, 2.24) is 19.7 Å². The molecule has 1 unspecified atom stereocenters. The van der Waals surface area contributed by atoms with Crippen LogP contribution in [0.25, 0.3) is 0 Å². The molecule has 8 nitrogen and oxygen atoms in total. The smallest absolute Gasteiger partial charge is 0.219 e. The number of benzene rings is 2. The van der Waals surface area contributed by atoms with Crippen molar-refractivity contribution in [2.75, 3.05) is 37.7 Å². The fourth-order valence-corrected chi connectivity index (χ4v) is 4.37. The Kier molecular flexibility index (Phi) is 7.70. The zero-order valence-corrected chi connectivity index (χ0v) is 20.1. The average Bonchev–Trinajstić information content (AvgIpc) is 3.35. The summed E-state index contributed by atoms with van der Waals surface area (Å²) in [6.45, 7) is 5.54. The van der Waals surface area contributed by atoms with Crippen molar-refractivity contribution in [3.05, 3.63) is 71.8 Å². The number of nitrogens with zero attached hydrogens (tertiary/aromatic N) is 5. The summed E-state index contributed by atoms with van der Waals surface area (Å²) in [5, 5.41) is 16.2. The highest BCUT2D eigenvalue weighted by atomic mass is 35.5. The predicted octanol–water partition coefficient (Wildman–Crippen LogP) is 3.35. The standard InChI is InChI=1S/C25H30ClN5O3/c1-20(32)29-12-14-30(15-13-29)23-7-9-24(10-8-23)34-16-2-11-25(33,17-31-19-27-18-28-31)21-3-5-22(26)6-4-21/h3-10,18-19,33H,2,11-17H2,1H3. The minimum absolute atomic E-state index is 0.132. The minimum Gasteiger partial charge on any atom is -0.494 e. The van der Waals surface area contributed by atoms with Crippen molar-refractivity contribution in [1.29, 1.82) is 0 Å². The molecule has 1 aromatic heterocycles. The molecule has 2 heterocycles. The van der Waals surface area contributed by atoms with Crippen LogP contribution in [-0.4, -0.2) is 63.5 Å². The van der Waals surface area contributed by atoms with Crippen LogP contribution < -0.4 is 9.64 Å². The zero-order valence-electron chi connectivity index (χ0n) is 19.3. The Morgan fingerprint density at radius 1 is 1.09 bits per heavy atom. The molecular formula is C25H30ClN5O3. The molecule has 1 N–H and O–H groups in total. The van der Waals surface area contributed by atoms with Gasteiger partial charge in [-0.25, -0.2) is 9.67 Å². The van der Waals surface area contributed by atoms with E-state index < -0.39 is 5.60 Å². The maximum absolute atomic E-state index is 11.5. The van der Waals surface area contributed by atoms with E-state index >= 15 is 0 Å². The molecule has 0 bridgehead atoms. The van der Waals surface area contributed by atoms with Gasteiger partial charge in [-0.15, -0.1) is 0 Å². The molecule has 180 valence electrons. The molecule has 0 spiro atoms. The number of carbonyl (C=O) groups is 1. The van der Waals surface area contributed by atoms with Crippen LogP contribution >= 0.6 is 11.6 Å². The van der Waals surface area contributed by atoms with E-state index in [9.17, 15) is 9.90 Å². The Bertz CT molecular complexity index is 1050. The van der Waals surface area contributed by atoms with Gasteiger partial charge in [-0.05, 0) is 54.8 Å². The van der Waals surface area contributed by atoms with Gasteiger partial charge in [-0.1, -0.05) is 23.7 Å². The van der Waals surface area contributed by atoms with Crippen molar-refractivity contribution in [2.45, 2.75) is 31.9 Å². The second kappa shape index (κ2) is 10.9. The number of rotatable bonds is 9. The summed E-state index contributed by atoms with van der Waals surface area (Å²) < 4.78 is 7.57. The summed E-state index contributed by atoms with van der Waals surface area (Å²) in [5.41, 5.74) is 0.787. The zero-order chi connectivity index (χ0) is 24.0. The summed E-state index contributed by atoms with van der Waals surface area (Å²) >= 11 is 6.03. The number of amides is 1. The molecule has 0 radical (unpaired) electrons. The third-order valence-electron chi connectivity index (χ3n) is 6.20. The average molecular weight is 484 g/mol. The number of piperazine rings is 1. The third kappa shape index (κ3) is 6.07. The predicted molar refractivity (Wildman–Crippen MR) is 131 cm³/mol. The maximum Gasteiger partial charge on any atom is 0.219 e. The van der Waals surface area contributed by atoms with E-state index in [1.165, 1.54) is 6.33 Å². The summed E-state index contributed by atoms with van der Waals surface area (Å²) in [7, 11) is 0. The highest BCUT2D eigenvalue weighted by Gasteiger charge is 2.30. The van der Waals surface area contributed by atoms with Crippen LogP contribution in [0.5, 0.6) is 5.75 Å². The number of aliphatic hydroxyl groups is 1. The van der Waals surface area contributed by atoms with E-state index in [4.69, 9.17) is 16.3 Å². The highest BCUT2D eigenvalue weighted by molar-refractivity contribution is 6.30. The Balaban J connectivity index is 1.30. The van der Waals surface area contributed by atoms with E-state index in [-0.39, 0.29) is 5.91 Å². The molecule has 1 amide bonds. The van der Waals surface area contributed by atoms with Crippen molar-refractivity contribution < 1.29 is 14.6 Å². The largest absolute Gasteiger partial charge is 0.494 e. The second-order valence-corrected chi connectivity index (χ2v) is 9.01. The first kappa shape index (κ1) is 24.0. The number of aromatic nitrogens is 3. The lowest BCUT2D eigenvalue weighted by Gasteiger charge is -2.35. The molecule has 9 heteroatoms. The fraction of sp³-hybridized carbons (Fsp3) is 0.400. The normalized spacial score (nSPS) is 15.7. The first-order chi connectivity index (χ1) is 16.4. The molecule has 4 rings (SSSR count). The monoisotopic (exact) mass is 483 g/mol. The summed E-state index contributed by atoms with van der Waals surface area (Å²) in [4.78, 5) is 19.6. The molecule has 34 heavy (non-hydrogen) atoms. The maximum atomic E-state index is 11.5. The van der Waals surface area contributed by atoms with Crippen molar-refractivity contribution in [3.63, 3.8) is 0 Å². The van der Waals surface area contributed by atoms with Crippen LogP contribution in [0.1, 0.15) is 25.3 Å². The Morgan fingerprint density at radius 2 is 1.79 bits per heavy atom. The van der Waals surface area contributed by atoms with Gasteiger partial charge in [0.05, 0.1) is 13.2 Å². The van der Waals surface area contributed by atoms with E-state index in [0.29, 0.717) is 31.0 Å². The lowest BCUT2D eigenvalue weighted by Crippen LogP contribution is -2.48. The minimum atomic E-state index is -1.12. The van der Waals surface area contributed by atoms with Crippen molar-refractivity contribution in [2.24, 2.45) is 0 Å². The van der Waals surface area contributed by atoms with Gasteiger partial charge in [-0.3, -0.25) is 4.79 Å². The highest BCUT2D eigenvalue weighted by Crippen LogP contribution is 2.30. The van der Waals surface area contributed by atoms with E-state index in [1.807, 2.05) is 41.3 Å². The molecule has 1 aliphatic rings. The lowest BCUT2D eigenvalue weighted by molar-refractivity contribution is -0.129. The summed E-state index contributed by atoms with van der Waals surface area (Å²) in [6, 6.07) is 15.3. The third-order valence-corrected chi connectivity index (χ3v) is 6.45. The quantitative estimate of drug-likeness (QED) is 0.470. The van der Waals surface area contributed by atoms with Gasteiger partial charge in [0, 0.05) is 43.8 Å². The van der Waals surface area contributed by atoms with Gasteiger partial charge < -0.3 is 19.6 Å². The SMILES string of the molecule is CC(=O)N1CCN(c2ccc(OCCCC(O)(Cn3cncn3)c3ccc(Cl)cc3)cc2)CC1. The van der Waals surface area contributed by atoms with Gasteiger partial charge in [0.1, 0.15) is 24.0 Å². The first-order valence-electron chi connectivity index (χ1n) is 11.5. The molecule has 3 aromatic rings. The molecular weight excluding hydrogens is 454 g/mol. The number of hydrogen-bond acceptors (Lipinski definition) is 6. The first-order valence-corrected chi connectivity index (χ1v) is 11.8. The molecule has 1 saturated heterocycles. The Morgan fingerprint density at radius 3 is 2.41 bits per heavy atom. The van der Waals surface area contributed by atoms with Crippen LogP contribution in [-0.2, 0) is 16.9 Å². The number of halogens is 1. The number of hydrogen-bond donors (Lipinski definition) is 1. The van der Waals surface area contributed by atoms with Crippen LogP contribution in [0.4, 0.5) is 5.69 Å². The van der Waals surface area contributed by atoms with E-state index in [0.717, 1.165) is 43.2 Å². The number of anilines is 1. The van der Waals surface area contributed by atoms with Crippen molar-refractivity contribution >= 4 is 23.2 Å². The molecule has 0 saturated carbocycles. The molecule has 1 atom stereocenters. The number of ether oxygens (including phenoxy) is 1. The summed E-state index contributed by atoms with van der Waals surface area (Å²) in [5.74, 6) is 0.921. The summed E-state index contributed by atoms with van der Waals surface area (Å²) in [6.07, 6.45) is 4.20. The fourth-order valence-electron chi connectivity index (χ4n) is 4.24.